The number of esters is 3. The minimum absolute atomic E-state index is 0.0855. The van der Waals surface area contributed by atoms with Gasteiger partial charge in [0, 0.05) is 19.3 Å². The number of carbonyl (C=O) groups excluding carboxylic acids is 3. The highest BCUT2D eigenvalue weighted by Crippen LogP contribution is 2.16. The molecule has 6 heteroatoms. The molecule has 0 heterocycles. The second kappa shape index (κ2) is 62.9. The van der Waals surface area contributed by atoms with Gasteiger partial charge in [-0.2, -0.15) is 0 Å². The third kappa shape index (κ3) is 61.1. The topological polar surface area (TPSA) is 78.9 Å². The van der Waals surface area contributed by atoms with Crippen molar-refractivity contribution in [2.24, 2.45) is 0 Å². The first-order valence-electron chi connectivity index (χ1n) is 31.7. The molecule has 430 valence electrons. The van der Waals surface area contributed by atoms with Crippen molar-refractivity contribution in [3.63, 3.8) is 0 Å². The summed E-state index contributed by atoms with van der Waals surface area (Å²) >= 11 is 0. The summed E-state index contributed by atoms with van der Waals surface area (Å²) in [5.41, 5.74) is 0. The van der Waals surface area contributed by atoms with Gasteiger partial charge in [0.1, 0.15) is 13.2 Å². The van der Waals surface area contributed by atoms with Gasteiger partial charge in [-0.3, -0.25) is 14.4 Å². The van der Waals surface area contributed by atoms with Crippen LogP contribution in [0.1, 0.15) is 303 Å². The molecular formula is C69H118O6. The Morgan fingerprint density at radius 2 is 0.520 bits per heavy atom. The van der Waals surface area contributed by atoms with E-state index in [2.05, 4.69) is 118 Å². The summed E-state index contributed by atoms with van der Waals surface area (Å²) in [4.78, 5) is 38.4. The summed E-state index contributed by atoms with van der Waals surface area (Å²) in [5, 5.41) is 0. The van der Waals surface area contributed by atoms with E-state index in [0.717, 1.165) is 109 Å². The zero-order valence-corrected chi connectivity index (χ0v) is 49.3. The molecule has 0 aromatic carbocycles. The normalized spacial score (nSPS) is 12.7. The van der Waals surface area contributed by atoms with Crippen molar-refractivity contribution in [2.75, 3.05) is 13.2 Å². The maximum Gasteiger partial charge on any atom is 0.306 e. The van der Waals surface area contributed by atoms with Crippen LogP contribution < -0.4 is 0 Å². The molecule has 75 heavy (non-hydrogen) atoms. The van der Waals surface area contributed by atoms with Crippen LogP contribution in [0.5, 0.6) is 0 Å². The molecule has 0 aromatic heterocycles. The monoisotopic (exact) mass is 1040 g/mol. The number of carbonyl (C=O) groups is 3. The van der Waals surface area contributed by atoms with Gasteiger partial charge in [0.2, 0.25) is 0 Å². The predicted molar refractivity (Wildman–Crippen MR) is 325 cm³/mol. The second-order valence-corrected chi connectivity index (χ2v) is 20.9. The molecule has 0 saturated heterocycles. The smallest absolute Gasteiger partial charge is 0.306 e. The molecule has 0 saturated carbocycles. The number of allylic oxidation sites excluding steroid dienone is 16. The zero-order valence-electron chi connectivity index (χ0n) is 49.3. The van der Waals surface area contributed by atoms with E-state index in [1.807, 2.05) is 0 Å². The van der Waals surface area contributed by atoms with Crippen LogP contribution in [0, 0.1) is 0 Å². The van der Waals surface area contributed by atoms with Crippen molar-refractivity contribution in [3.05, 3.63) is 97.2 Å². The highest BCUT2D eigenvalue weighted by molar-refractivity contribution is 5.71. The van der Waals surface area contributed by atoms with E-state index in [9.17, 15) is 14.4 Å². The third-order valence-corrected chi connectivity index (χ3v) is 13.5. The van der Waals surface area contributed by atoms with E-state index < -0.39 is 6.10 Å². The summed E-state index contributed by atoms with van der Waals surface area (Å²) in [6, 6.07) is 0. The molecule has 0 radical (unpaired) electrons. The molecule has 0 aliphatic carbocycles. The first-order valence-corrected chi connectivity index (χ1v) is 31.7. The number of hydrogen-bond donors (Lipinski definition) is 0. The first kappa shape index (κ1) is 71.3. The van der Waals surface area contributed by atoms with E-state index in [-0.39, 0.29) is 31.1 Å². The average molecular weight is 1040 g/mol. The molecule has 0 spiro atoms. The van der Waals surface area contributed by atoms with Crippen LogP contribution in [-0.4, -0.2) is 37.2 Å². The van der Waals surface area contributed by atoms with E-state index in [0.29, 0.717) is 19.3 Å². The minimum Gasteiger partial charge on any atom is -0.462 e. The molecule has 0 aromatic rings. The standard InChI is InChI=1S/C69H118O6/c1-4-7-10-13-16-19-22-25-28-31-33-34-36-38-41-44-47-50-53-56-59-62-68(71)74-65-66(64-73-67(70)61-58-55-52-49-46-43-40-37-30-27-24-21-18-15-12-9-6-3)75-69(72)63-60-57-54-51-48-45-42-39-35-32-29-26-23-20-17-14-11-8-5-2/h7,10,16-21,25-30,33-34,66H,4-6,8-9,11-15,22-24,31-32,35-65H2,1-3H3/b10-7-,19-16-,20-17-,21-18-,28-25-,29-26-,30-27-,34-33-. The lowest BCUT2D eigenvalue weighted by Gasteiger charge is -2.18. The van der Waals surface area contributed by atoms with Gasteiger partial charge in [0.05, 0.1) is 0 Å². The van der Waals surface area contributed by atoms with Gasteiger partial charge in [-0.1, -0.05) is 259 Å². The molecule has 0 bridgehead atoms. The number of ether oxygens (including phenoxy) is 3. The quantitative estimate of drug-likeness (QED) is 0.0261. The van der Waals surface area contributed by atoms with Crippen LogP contribution in [0.4, 0.5) is 0 Å². The zero-order chi connectivity index (χ0) is 54.3. The maximum absolute atomic E-state index is 12.9. The van der Waals surface area contributed by atoms with Crippen LogP contribution in [0.2, 0.25) is 0 Å². The highest BCUT2D eigenvalue weighted by Gasteiger charge is 2.19. The van der Waals surface area contributed by atoms with Gasteiger partial charge in [0.25, 0.3) is 0 Å². The highest BCUT2D eigenvalue weighted by atomic mass is 16.6. The van der Waals surface area contributed by atoms with Gasteiger partial charge in [-0.05, 0) is 122 Å². The molecule has 0 fully saturated rings. The van der Waals surface area contributed by atoms with E-state index in [1.54, 1.807) is 0 Å². The van der Waals surface area contributed by atoms with Crippen LogP contribution in [0.15, 0.2) is 97.2 Å². The lowest BCUT2D eigenvalue weighted by molar-refractivity contribution is -0.167. The Morgan fingerprint density at radius 1 is 0.280 bits per heavy atom. The van der Waals surface area contributed by atoms with Gasteiger partial charge < -0.3 is 14.2 Å². The number of rotatable bonds is 57. The molecule has 0 aliphatic rings. The van der Waals surface area contributed by atoms with Crippen molar-refractivity contribution in [1.82, 2.24) is 0 Å². The molecule has 0 aliphatic heterocycles. The molecule has 1 atom stereocenters. The molecule has 1 unspecified atom stereocenters. The Labute approximate surface area is 464 Å². The third-order valence-electron chi connectivity index (χ3n) is 13.5. The Kier molecular flexibility index (Phi) is 59.8. The van der Waals surface area contributed by atoms with Crippen LogP contribution in [0.3, 0.4) is 0 Å². The van der Waals surface area contributed by atoms with Crippen molar-refractivity contribution < 1.29 is 28.6 Å². The summed E-state index contributed by atoms with van der Waals surface area (Å²) in [7, 11) is 0. The predicted octanol–water partition coefficient (Wildman–Crippen LogP) is 21.7. The van der Waals surface area contributed by atoms with E-state index >= 15 is 0 Å². The fourth-order valence-corrected chi connectivity index (χ4v) is 8.79. The van der Waals surface area contributed by atoms with E-state index in [1.165, 1.54) is 154 Å². The Bertz CT molecular complexity index is 1480. The summed E-state index contributed by atoms with van der Waals surface area (Å²) in [6.07, 6.45) is 84.0. The molecule has 0 rings (SSSR count). The fraction of sp³-hybridized carbons (Fsp3) is 0.725. The summed E-state index contributed by atoms with van der Waals surface area (Å²) < 4.78 is 16.9. The largest absolute Gasteiger partial charge is 0.462 e. The molecular weight excluding hydrogens is 925 g/mol. The molecule has 6 nitrogen and oxygen atoms in total. The number of unbranched alkanes of at least 4 members (excludes halogenated alkanes) is 30. The van der Waals surface area contributed by atoms with Gasteiger partial charge in [-0.25, -0.2) is 0 Å². The van der Waals surface area contributed by atoms with Crippen LogP contribution in [-0.2, 0) is 28.6 Å². The average Bonchev–Trinajstić information content (AvgIpc) is 3.41. The van der Waals surface area contributed by atoms with Gasteiger partial charge >= 0.3 is 17.9 Å². The van der Waals surface area contributed by atoms with Crippen molar-refractivity contribution in [2.45, 2.75) is 309 Å². The molecule has 0 amide bonds. The van der Waals surface area contributed by atoms with Crippen molar-refractivity contribution in [1.29, 1.82) is 0 Å². The van der Waals surface area contributed by atoms with Crippen LogP contribution >= 0.6 is 0 Å². The fourth-order valence-electron chi connectivity index (χ4n) is 8.79. The van der Waals surface area contributed by atoms with E-state index in [4.69, 9.17) is 14.2 Å². The van der Waals surface area contributed by atoms with Gasteiger partial charge in [-0.15, -0.1) is 0 Å². The Balaban J connectivity index is 4.41. The summed E-state index contributed by atoms with van der Waals surface area (Å²) in [6.45, 7) is 6.49. The van der Waals surface area contributed by atoms with Crippen molar-refractivity contribution in [3.8, 4) is 0 Å². The minimum atomic E-state index is -0.789. The summed E-state index contributed by atoms with van der Waals surface area (Å²) in [5.74, 6) is -0.895. The Hall–Kier alpha value is -3.67. The van der Waals surface area contributed by atoms with Gasteiger partial charge in [0.15, 0.2) is 6.10 Å². The lowest BCUT2D eigenvalue weighted by atomic mass is 10.1. The second-order valence-electron chi connectivity index (χ2n) is 20.9. The number of hydrogen-bond acceptors (Lipinski definition) is 6. The Morgan fingerprint density at radius 3 is 0.813 bits per heavy atom. The molecule has 0 N–H and O–H groups in total. The SMILES string of the molecule is CC/C=C\C/C=C\C/C=C\C/C=C\CCCCCCCCCCC(=O)OCC(COC(=O)CCCCCCCCC/C=C\C/C=C\CCCCC)OC(=O)CCCCCCCCCCC/C=C\C/C=C\CCCCC. The van der Waals surface area contributed by atoms with Crippen LogP contribution in [0.25, 0.3) is 0 Å². The maximum atomic E-state index is 12.9. The lowest BCUT2D eigenvalue weighted by Crippen LogP contribution is -2.30. The van der Waals surface area contributed by atoms with Crippen molar-refractivity contribution >= 4 is 17.9 Å². The first-order chi connectivity index (χ1) is 37.0.